The van der Waals surface area contributed by atoms with Crippen LogP contribution in [0.3, 0.4) is 0 Å². The molecule has 0 aliphatic carbocycles. The topological polar surface area (TPSA) is 64.9 Å². The molecule has 0 spiro atoms. The van der Waals surface area contributed by atoms with Crippen LogP contribution >= 0.6 is 0 Å². The van der Waals surface area contributed by atoms with Crippen molar-refractivity contribution in [2.75, 3.05) is 5.73 Å². The molecule has 0 aliphatic heterocycles. The number of hydrogen-bond donors (Lipinski definition) is 1. The highest BCUT2D eigenvalue weighted by atomic mass is 19.1. The van der Waals surface area contributed by atoms with Crippen LogP contribution in [0.25, 0.3) is 22.8 Å². The molecule has 0 aliphatic rings. The number of anilines is 1. The number of benzene rings is 2. The van der Waals surface area contributed by atoms with Crippen LogP contribution in [0.5, 0.6) is 0 Å². The van der Waals surface area contributed by atoms with Gasteiger partial charge in [-0.2, -0.15) is 4.98 Å². The summed E-state index contributed by atoms with van der Waals surface area (Å²) in [5.74, 6) is -0.760. The molecule has 2 N–H and O–H groups in total. The fourth-order valence-electron chi connectivity index (χ4n) is 1.78. The summed E-state index contributed by atoms with van der Waals surface area (Å²) in [6.07, 6.45) is 0. The second-order valence-corrected chi connectivity index (χ2v) is 4.17. The second kappa shape index (κ2) is 4.73. The highest BCUT2D eigenvalue weighted by molar-refractivity contribution is 5.62. The summed E-state index contributed by atoms with van der Waals surface area (Å²) in [5.41, 5.74) is 6.37. The molecule has 20 heavy (non-hydrogen) atoms. The summed E-state index contributed by atoms with van der Waals surface area (Å²) in [4.78, 5) is 4.06. The molecule has 2 aromatic carbocycles. The molecule has 0 atom stereocenters. The quantitative estimate of drug-likeness (QED) is 0.728. The van der Waals surface area contributed by atoms with Crippen LogP contribution in [0.1, 0.15) is 0 Å². The zero-order valence-electron chi connectivity index (χ0n) is 10.2. The average molecular weight is 273 g/mol. The third-order valence-corrected chi connectivity index (χ3v) is 2.73. The smallest absolute Gasteiger partial charge is 0.261 e. The predicted octanol–water partition coefficient (Wildman–Crippen LogP) is 3.26. The first-order valence-electron chi connectivity index (χ1n) is 5.78. The van der Waals surface area contributed by atoms with E-state index in [9.17, 15) is 8.78 Å². The van der Waals surface area contributed by atoms with E-state index in [1.807, 2.05) is 0 Å². The lowest BCUT2D eigenvalue weighted by Gasteiger charge is -1.98. The van der Waals surface area contributed by atoms with Gasteiger partial charge >= 0.3 is 0 Å². The summed E-state index contributed by atoms with van der Waals surface area (Å²) >= 11 is 0. The first-order valence-corrected chi connectivity index (χ1v) is 5.78. The van der Waals surface area contributed by atoms with Crippen LogP contribution in [-0.2, 0) is 0 Å². The van der Waals surface area contributed by atoms with E-state index in [0.29, 0.717) is 11.3 Å². The lowest BCUT2D eigenvalue weighted by molar-refractivity contribution is 0.429. The van der Waals surface area contributed by atoms with E-state index in [0.717, 1.165) is 0 Å². The van der Waals surface area contributed by atoms with Crippen LogP contribution in [0, 0.1) is 11.6 Å². The minimum absolute atomic E-state index is 0.0155. The van der Waals surface area contributed by atoms with Gasteiger partial charge < -0.3 is 10.3 Å². The Hall–Kier alpha value is -2.76. The third-order valence-electron chi connectivity index (χ3n) is 2.73. The van der Waals surface area contributed by atoms with Gasteiger partial charge in [-0.25, -0.2) is 8.78 Å². The van der Waals surface area contributed by atoms with Crippen LogP contribution < -0.4 is 5.73 Å². The number of nitrogens with two attached hydrogens (primary N) is 1. The van der Waals surface area contributed by atoms with E-state index in [-0.39, 0.29) is 17.3 Å². The van der Waals surface area contributed by atoms with Gasteiger partial charge in [0, 0.05) is 11.3 Å². The first kappa shape index (κ1) is 12.3. The van der Waals surface area contributed by atoms with Gasteiger partial charge in [0.05, 0.1) is 5.56 Å². The third kappa shape index (κ3) is 2.23. The van der Waals surface area contributed by atoms with Gasteiger partial charge in [0.2, 0.25) is 5.82 Å². The molecule has 0 fully saturated rings. The van der Waals surface area contributed by atoms with Crippen molar-refractivity contribution in [1.29, 1.82) is 0 Å². The van der Waals surface area contributed by atoms with Crippen molar-refractivity contribution in [2.24, 2.45) is 0 Å². The van der Waals surface area contributed by atoms with Crippen molar-refractivity contribution in [3.05, 3.63) is 54.1 Å². The number of nitrogen functional groups attached to an aromatic ring is 1. The van der Waals surface area contributed by atoms with Crippen molar-refractivity contribution in [3.63, 3.8) is 0 Å². The average Bonchev–Trinajstić information content (AvgIpc) is 2.88. The van der Waals surface area contributed by atoms with Gasteiger partial charge in [0.25, 0.3) is 5.89 Å². The molecule has 100 valence electrons. The fourth-order valence-corrected chi connectivity index (χ4v) is 1.78. The predicted molar refractivity (Wildman–Crippen MR) is 69.5 cm³/mol. The van der Waals surface area contributed by atoms with E-state index in [1.54, 1.807) is 6.07 Å². The van der Waals surface area contributed by atoms with Crippen LogP contribution in [0.4, 0.5) is 14.5 Å². The molecule has 0 amide bonds. The molecule has 0 saturated carbocycles. The van der Waals surface area contributed by atoms with E-state index < -0.39 is 11.6 Å². The maximum Gasteiger partial charge on any atom is 0.261 e. The maximum atomic E-state index is 13.7. The van der Waals surface area contributed by atoms with Gasteiger partial charge in [0.15, 0.2) is 0 Å². The number of hydrogen-bond acceptors (Lipinski definition) is 4. The number of aromatic nitrogens is 2. The van der Waals surface area contributed by atoms with Crippen molar-refractivity contribution in [3.8, 4) is 22.8 Å². The number of nitrogens with zero attached hydrogens (tertiary/aromatic N) is 2. The SMILES string of the molecule is Nc1ccc(-c2nc(-c3cccc(F)c3)no2)c(F)c1. The normalized spacial score (nSPS) is 10.7. The zero-order chi connectivity index (χ0) is 14.1. The summed E-state index contributed by atoms with van der Waals surface area (Å²) in [7, 11) is 0. The highest BCUT2D eigenvalue weighted by Gasteiger charge is 2.14. The maximum absolute atomic E-state index is 13.7. The van der Waals surface area contributed by atoms with Gasteiger partial charge in [-0.05, 0) is 30.3 Å². The Morgan fingerprint density at radius 1 is 1.05 bits per heavy atom. The molecule has 1 aromatic heterocycles. The lowest BCUT2D eigenvalue weighted by atomic mass is 10.2. The van der Waals surface area contributed by atoms with Crippen molar-refractivity contribution < 1.29 is 13.3 Å². The molecule has 0 unspecified atom stereocenters. The van der Waals surface area contributed by atoms with E-state index >= 15 is 0 Å². The molecular formula is C14H9F2N3O. The fraction of sp³-hybridized carbons (Fsp3) is 0. The molecule has 6 heteroatoms. The molecule has 3 rings (SSSR count). The van der Waals surface area contributed by atoms with Crippen molar-refractivity contribution in [1.82, 2.24) is 10.1 Å². The molecule has 0 radical (unpaired) electrons. The van der Waals surface area contributed by atoms with E-state index in [2.05, 4.69) is 10.1 Å². The van der Waals surface area contributed by atoms with Crippen molar-refractivity contribution >= 4 is 5.69 Å². The molecule has 4 nitrogen and oxygen atoms in total. The standard InChI is InChI=1S/C14H9F2N3O/c15-9-3-1-2-8(6-9)13-18-14(20-19-13)11-5-4-10(17)7-12(11)16/h1-7H,17H2. The van der Waals surface area contributed by atoms with Crippen LogP contribution in [0.15, 0.2) is 47.0 Å². The van der Waals surface area contributed by atoms with Crippen LogP contribution in [0.2, 0.25) is 0 Å². The molecule has 1 heterocycles. The Morgan fingerprint density at radius 3 is 2.65 bits per heavy atom. The number of rotatable bonds is 2. The largest absolute Gasteiger partial charge is 0.399 e. The van der Waals surface area contributed by atoms with E-state index in [4.69, 9.17) is 10.3 Å². The Kier molecular flexibility index (Phi) is 2.90. The van der Waals surface area contributed by atoms with Crippen molar-refractivity contribution in [2.45, 2.75) is 0 Å². The van der Waals surface area contributed by atoms with Gasteiger partial charge in [-0.15, -0.1) is 0 Å². The summed E-state index contributed by atoms with van der Waals surface area (Å²) in [6.45, 7) is 0. The Balaban J connectivity index is 2.02. The Morgan fingerprint density at radius 2 is 1.90 bits per heavy atom. The molecule has 3 aromatic rings. The highest BCUT2D eigenvalue weighted by Crippen LogP contribution is 2.25. The van der Waals surface area contributed by atoms with Gasteiger partial charge in [-0.3, -0.25) is 0 Å². The Labute approximate surface area is 112 Å². The minimum atomic E-state index is -0.556. The zero-order valence-corrected chi connectivity index (χ0v) is 10.2. The molecule has 0 saturated heterocycles. The minimum Gasteiger partial charge on any atom is -0.399 e. The van der Waals surface area contributed by atoms with E-state index in [1.165, 1.54) is 36.4 Å². The monoisotopic (exact) mass is 273 g/mol. The second-order valence-electron chi connectivity index (χ2n) is 4.17. The lowest BCUT2D eigenvalue weighted by Crippen LogP contribution is -1.89. The summed E-state index contributed by atoms with van der Waals surface area (Å²) in [6, 6.07) is 9.90. The van der Waals surface area contributed by atoms with Gasteiger partial charge in [0.1, 0.15) is 11.6 Å². The first-order chi connectivity index (χ1) is 9.63. The Bertz CT molecular complexity index is 771. The van der Waals surface area contributed by atoms with Crippen LogP contribution in [-0.4, -0.2) is 10.1 Å². The van der Waals surface area contributed by atoms with Gasteiger partial charge in [-0.1, -0.05) is 17.3 Å². The molecular weight excluding hydrogens is 264 g/mol. The molecule has 0 bridgehead atoms. The number of halogens is 2. The summed E-state index contributed by atoms with van der Waals surface area (Å²) < 4.78 is 31.9. The summed E-state index contributed by atoms with van der Waals surface area (Å²) in [5, 5.41) is 3.72.